The Bertz CT molecular complexity index is 796. The number of carbonyl (C=O) groups is 3. The molecule has 0 saturated heterocycles. The van der Waals surface area contributed by atoms with Crippen LogP contribution in [-0.2, 0) is 23.9 Å². The van der Waals surface area contributed by atoms with E-state index < -0.39 is 23.8 Å². The van der Waals surface area contributed by atoms with Crippen LogP contribution in [-0.4, -0.2) is 43.3 Å². The average molecular weight is 489 g/mol. The van der Waals surface area contributed by atoms with E-state index in [2.05, 4.69) is 6.92 Å². The van der Waals surface area contributed by atoms with E-state index >= 15 is 0 Å². The predicted molar refractivity (Wildman–Crippen MR) is 136 cm³/mol. The molecule has 0 aliphatic heterocycles. The second-order valence-corrected chi connectivity index (χ2v) is 8.35. The fourth-order valence-electron chi connectivity index (χ4n) is 3.40. The molecule has 0 aliphatic rings. The quantitative estimate of drug-likeness (QED) is 0.111. The number of carboxylic acid groups (broad SMARTS) is 1. The Morgan fingerprint density at radius 3 is 2.23 bits per heavy atom. The molecule has 0 amide bonds. The largest absolute Gasteiger partial charge is 0.497 e. The highest BCUT2D eigenvalue weighted by Gasteiger charge is 2.22. The van der Waals surface area contributed by atoms with Gasteiger partial charge >= 0.3 is 17.9 Å². The van der Waals surface area contributed by atoms with Crippen LogP contribution in [0, 0.1) is 5.92 Å². The molecule has 0 aliphatic carbocycles. The Morgan fingerprint density at radius 1 is 0.914 bits per heavy atom. The van der Waals surface area contributed by atoms with E-state index in [-0.39, 0.29) is 19.6 Å². The Balaban J connectivity index is 2.28. The average Bonchev–Trinajstić information content (AvgIpc) is 2.85. The predicted octanol–water partition coefficient (Wildman–Crippen LogP) is 5.97. The van der Waals surface area contributed by atoms with E-state index in [1.807, 2.05) is 12.2 Å². The summed E-state index contributed by atoms with van der Waals surface area (Å²) in [5.41, 5.74) is 0.811. The van der Waals surface area contributed by atoms with Gasteiger partial charge in [-0.05, 0) is 43.0 Å². The van der Waals surface area contributed by atoms with Gasteiger partial charge in [0.2, 0.25) is 0 Å². The van der Waals surface area contributed by atoms with Crippen molar-refractivity contribution in [3.8, 4) is 5.75 Å². The number of unbranched alkanes of at least 4 members (excludes halogenated alkanes) is 7. The van der Waals surface area contributed by atoms with Crippen molar-refractivity contribution in [1.29, 1.82) is 0 Å². The lowest BCUT2D eigenvalue weighted by Crippen LogP contribution is -2.22. The molecule has 7 nitrogen and oxygen atoms in total. The normalized spacial score (nSPS) is 12.1. The number of ether oxygens (including phenoxy) is 3. The lowest BCUT2D eigenvalue weighted by molar-refractivity contribution is -0.156. The highest BCUT2D eigenvalue weighted by molar-refractivity contribution is 5.87. The van der Waals surface area contributed by atoms with Crippen molar-refractivity contribution in [2.75, 3.05) is 20.3 Å². The fraction of sp³-hybridized carbons (Fsp3) is 0.536. The molecular weight excluding hydrogens is 448 g/mol. The molecule has 35 heavy (non-hydrogen) atoms. The number of esters is 2. The molecule has 0 aromatic heterocycles. The third-order valence-electron chi connectivity index (χ3n) is 5.42. The maximum Gasteiger partial charge on any atom is 0.330 e. The maximum absolute atomic E-state index is 12.3. The molecule has 194 valence electrons. The zero-order valence-corrected chi connectivity index (χ0v) is 21.1. The van der Waals surface area contributed by atoms with Crippen LogP contribution in [0.4, 0.5) is 0 Å². The Labute approximate surface area is 209 Å². The minimum absolute atomic E-state index is 0.106. The summed E-state index contributed by atoms with van der Waals surface area (Å²) in [5.74, 6) is -2.26. The summed E-state index contributed by atoms with van der Waals surface area (Å²) in [6.45, 7) is 1.97. The summed E-state index contributed by atoms with van der Waals surface area (Å²) < 4.78 is 15.2. The fourth-order valence-corrected chi connectivity index (χ4v) is 3.40. The standard InChI is InChI=1S/C28H40O7/c1-3-4-5-6-7-8-9-10-11-12-13-24(22-26(29)30)28(32)35-21-20-34-27(31)19-16-23-14-17-25(33-2)18-15-23/h11-12,14-19,24H,3-10,13,20-22H2,1-2H3,(H,29,30). The van der Waals surface area contributed by atoms with Crippen molar-refractivity contribution in [2.24, 2.45) is 5.92 Å². The first-order valence-corrected chi connectivity index (χ1v) is 12.5. The first-order chi connectivity index (χ1) is 17.0. The van der Waals surface area contributed by atoms with Crippen LogP contribution in [0.5, 0.6) is 5.75 Å². The number of hydrogen-bond acceptors (Lipinski definition) is 6. The summed E-state index contributed by atoms with van der Waals surface area (Å²) >= 11 is 0. The molecule has 0 bridgehead atoms. The summed E-state index contributed by atoms with van der Waals surface area (Å²) in [7, 11) is 1.58. The minimum atomic E-state index is -1.05. The number of benzene rings is 1. The lowest BCUT2D eigenvalue weighted by atomic mass is 10.0. The number of aliphatic carboxylic acids is 1. The van der Waals surface area contributed by atoms with Crippen molar-refractivity contribution >= 4 is 24.0 Å². The monoisotopic (exact) mass is 488 g/mol. The van der Waals surface area contributed by atoms with Crippen LogP contribution < -0.4 is 4.74 Å². The number of hydrogen-bond donors (Lipinski definition) is 1. The summed E-state index contributed by atoms with van der Waals surface area (Å²) in [6.07, 6.45) is 16.3. The lowest BCUT2D eigenvalue weighted by Gasteiger charge is -2.12. The molecule has 0 spiro atoms. The van der Waals surface area contributed by atoms with Gasteiger partial charge < -0.3 is 19.3 Å². The highest BCUT2D eigenvalue weighted by atomic mass is 16.6. The summed E-state index contributed by atoms with van der Waals surface area (Å²) in [6, 6.07) is 7.16. The van der Waals surface area contributed by atoms with Gasteiger partial charge in [-0.25, -0.2) is 4.79 Å². The summed E-state index contributed by atoms with van der Waals surface area (Å²) in [5, 5.41) is 9.11. The molecule has 0 saturated carbocycles. The molecule has 7 heteroatoms. The van der Waals surface area contributed by atoms with Gasteiger partial charge in [0.1, 0.15) is 19.0 Å². The van der Waals surface area contributed by atoms with Gasteiger partial charge in [-0.2, -0.15) is 0 Å². The SMILES string of the molecule is CCCCCCCCCC=CCC(CC(=O)O)C(=O)OCCOC(=O)C=Cc1ccc(OC)cc1. The molecule has 0 heterocycles. The zero-order chi connectivity index (χ0) is 25.7. The highest BCUT2D eigenvalue weighted by Crippen LogP contribution is 2.14. The molecule has 0 fully saturated rings. The van der Waals surface area contributed by atoms with Crippen LogP contribution in [0.1, 0.15) is 76.7 Å². The molecule has 0 radical (unpaired) electrons. The van der Waals surface area contributed by atoms with Crippen LogP contribution in [0.15, 0.2) is 42.5 Å². The van der Waals surface area contributed by atoms with Crippen LogP contribution in [0.3, 0.4) is 0 Å². The molecule has 1 rings (SSSR count). The molecule has 1 aromatic carbocycles. The van der Waals surface area contributed by atoms with E-state index in [0.717, 1.165) is 24.2 Å². The van der Waals surface area contributed by atoms with Gasteiger partial charge in [0.05, 0.1) is 19.4 Å². The second-order valence-electron chi connectivity index (χ2n) is 8.35. The van der Waals surface area contributed by atoms with E-state index in [1.165, 1.54) is 44.6 Å². The molecular formula is C28H40O7. The number of rotatable bonds is 19. The van der Waals surface area contributed by atoms with E-state index in [0.29, 0.717) is 6.42 Å². The van der Waals surface area contributed by atoms with Crippen molar-refractivity contribution < 1.29 is 33.7 Å². The summed E-state index contributed by atoms with van der Waals surface area (Å²) in [4.78, 5) is 35.2. The van der Waals surface area contributed by atoms with Crippen molar-refractivity contribution in [2.45, 2.75) is 71.1 Å². The molecule has 1 aromatic rings. The van der Waals surface area contributed by atoms with E-state index in [9.17, 15) is 14.4 Å². The number of carboxylic acids is 1. The number of carbonyl (C=O) groups excluding carboxylic acids is 2. The van der Waals surface area contributed by atoms with Gasteiger partial charge in [0.15, 0.2) is 0 Å². The smallest absolute Gasteiger partial charge is 0.330 e. The molecule has 1 atom stereocenters. The Kier molecular flexibility index (Phi) is 16.5. The van der Waals surface area contributed by atoms with Gasteiger partial charge in [-0.15, -0.1) is 0 Å². The number of allylic oxidation sites excluding steroid dienone is 2. The van der Waals surface area contributed by atoms with Crippen LogP contribution in [0.2, 0.25) is 0 Å². The van der Waals surface area contributed by atoms with Gasteiger partial charge in [0, 0.05) is 6.08 Å². The van der Waals surface area contributed by atoms with Crippen molar-refractivity contribution in [1.82, 2.24) is 0 Å². The first kappa shape index (κ1) is 29.9. The third kappa shape index (κ3) is 15.4. The Morgan fingerprint density at radius 2 is 1.57 bits per heavy atom. The molecule has 1 N–H and O–H groups in total. The van der Waals surface area contributed by atoms with Crippen LogP contribution >= 0.6 is 0 Å². The maximum atomic E-state index is 12.3. The van der Waals surface area contributed by atoms with Crippen molar-refractivity contribution in [3.05, 3.63) is 48.1 Å². The van der Waals surface area contributed by atoms with Crippen LogP contribution in [0.25, 0.3) is 6.08 Å². The Hall–Kier alpha value is -3.09. The van der Waals surface area contributed by atoms with E-state index in [4.69, 9.17) is 19.3 Å². The topological polar surface area (TPSA) is 99.1 Å². The van der Waals surface area contributed by atoms with Crippen molar-refractivity contribution in [3.63, 3.8) is 0 Å². The minimum Gasteiger partial charge on any atom is -0.497 e. The second kappa shape index (κ2) is 19.2. The third-order valence-corrected chi connectivity index (χ3v) is 5.42. The van der Waals surface area contributed by atoms with Gasteiger partial charge in [-0.3, -0.25) is 9.59 Å². The number of methoxy groups -OCH3 is 1. The zero-order valence-electron chi connectivity index (χ0n) is 21.1. The van der Waals surface area contributed by atoms with Gasteiger partial charge in [0.25, 0.3) is 0 Å². The molecule has 1 unspecified atom stereocenters. The first-order valence-electron chi connectivity index (χ1n) is 12.5. The van der Waals surface area contributed by atoms with E-state index in [1.54, 1.807) is 37.5 Å². The van der Waals surface area contributed by atoms with Gasteiger partial charge in [-0.1, -0.05) is 69.7 Å².